The molecule has 0 amide bonds. The highest BCUT2D eigenvalue weighted by Crippen LogP contribution is 2.33. The lowest BCUT2D eigenvalue weighted by atomic mass is 9.98. The Hall–Kier alpha value is -2.05. The van der Waals surface area contributed by atoms with Crippen LogP contribution in [0, 0.1) is 0 Å². The van der Waals surface area contributed by atoms with Gasteiger partial charge in [-0.05, 0) is 79.4 Å². The third-order valence-corrected chi connectivity index (χ3v) is 6.46. The standard InChI is InChI=1S/C23H12Br2Cl2N2O/c24-22-15(3-1-9-28-22)13-5-7-17(19(26)11-13)21(30)18-8-6-14(12-20(18)27)16-4-2-10-29-23(16)25/h1-12H. The Labute approximate surface area is 200 Å². The molecule has 0 spiro atoms. The van der Waals surface area contributed by atoms with Gasteiger partial charge in [0.15, 0.2) is 5.78 Å². The third-order valence-electron chi connectivity index (χ3n) is 4.57. The minimum atomic E-state index is -0.237. The second-order valence-corrected chi connectivity index (χ2v) is 8.72. The second kappa shape index (κ2) is 8.98. The van der Waals surface area contributed by atoms with Gasteiger partial charge in [-0.1, -0.05) is 47.5 Å². The van der Waals surface area contributed by atoms with Gasteiger partial charge in [0.05, 0.1) is 10.0 Å². The summed E-state index contributed by atoms with van der Waals surface area (Å²) in [5, 5.41) is 0.701. The van der Waals surface area contributed by atoms with Crippen molar-refractivity contribution >= 4 is 60.8 Å². The number of halogens is 4. The summed E-state index contributed by atoms with van der Waals surface area (Å²) in [6.45, 7) is 0. The number of carbonyl (C=O) groups excluding carboxylic acids is 1. The zero-order chi connectivity index (χ0) is 21.3. The Morgan fingerprint density at radius 1 is 0.700 bits per heavy atom. The fourth-order valence-corrected chi connectivity index (χ4v) is 4.57. The first-order valence-corrected chi connectivity index (χ1v) is 11.2. The predicted molar refractivity (Wildman–Crippen MR) is 128 cm³/mol. The van der Waals surface area contributed by atoms with Gasteiger partial charge in [-0.25, -0.2) is 9.97 Å². The van der Waals surface area contributed by atoms with E-state index in [2.05, 4.69) is 41.8 Å². The number of nitrogens with zero attached hydrogens (tertiary/aromatic N) is 2. The molecule has 0 unspecified atom stereocenters. The smallest absolute Gasteiger partial charge is 0.196 e. The van der Waals surface area contributed by atoms with E-state index in [1.807, 2.05) is 36.4 Å². The molecule has 2 aromatic heterocycles. The van der Waals surface area contributed by atoms with Crippen molar-refractivity contribution in [3.8, 4) is 22.3 Å². The van der Waals surface area contributed by atoms with Gasteiger partial charge in [-0.3, -0.25) is 4.79 Å². The van der Waals surface area contributed by atoms with Gasteiger partial charge in [-0.2, -0.15) is 0 Å². The van der Waals surface area contributed by atoms with Crippen molar-refractivity contribution < 1.29 is 4.79 Å². The molecule has 4 aromatic rings. The van der Waals surface area contributed by atoms with Gasteiger partial charge in [0, 0.05) is 34.6 Å². The van der Waals surface area contributed by atoms with Crippen LogP contribution in [-0.2, 0) is 0 Å². The van der Waals surface area contributed by atoms with Gasteiger partial charge >= 0.3 is 0 Å². The molecule has 2 heterocycles. The van der Waals surface area contributed by atoms with E-state index in [0.29, 0.717) is 30.4 Å². The summed E-state index contributed by atoms with van der Waals surface area (Å²) in [7, 11) is 0. The molecule has 7 heteroatoms. The Bertz CT molecular complexity index is 1180. The first-order chi connectivity index (χ1) is 14.5. The van der Waals surface area contributed by atoms with Crippen molar-refractivity contribution in [1.29, 1.82) is 0 Å². The quantitative estimate of drug-likeness (QED) is 0.188. The highest BCUT2D eigenvalue weighted by molar-refractivity contribution is 9.10. The van der Waals surface area contributed by atoms with Crippen LogP contribution in [0.5, 0.6) is 0 Å². The van der Waals surface area contributed by atoms with Crippen LogP contribution in [0.4, 0.5) is 0 Å². The lowest BCUT2D eigenvalue weighted by Crippen LogP contribution is -2.03. The summed E-state index contributed by atoms with van der Waals surface area (Å²) < 4.78 is 1.42. The monoisotopic (exact) mass is 560 g/mol. The van der Waals surface area contributed by atoms with Crippen molar-refractivity contribution in [3.63, 3.8) is 0 Å². The maximum Gasteiger partial charge on any atom is 0.196 e. The molecule has 0 aliphatic carbocycles. The van der Waals surface area contributed by atoms with E-state index in [9.17, 15) is 4.79 Å². The minimum Gasteiger partial charge on any atom is -0.288 e. The lowest BCUT2D eigenvalue weighted by molar-refractivity contribution is 0.103. The van der Waals surface area contributed by atoms with Crippen LogP contribution in [0.2, 0.25) is 10.0 Å². The molecular formula is C23H12Br2Cl2N2O. The zero-order valence-corrected chi connectivity index (χ0v) is 19.9. The highest BCUT2D eigenvalue weighted by atomic mass is 79.9. The number of carbonyl (C=O) groups is 1. The molecule has 0 fully saturated rings. The number of benzene rings is 2. The number of pyridine rings is 2. The maximum atomic E-state index is 13.1. The average molecular weight is 563 g/mol. The largest absolute Gasteiger partial charge is 0.288 e. The SMILES string of the molecule is O=C(c1ccc(-c2cccnc2Br)cc1Cl)c1ccc(-c2cccnc2Br)cc1Cl. The number of hydrogen-bond donors (Lipinski definition) is 0. The van der Waals surface area contributed by atoms with E-state index in [1.165, 1.54) is 0 Å². The summed E-state index contributed by atoms with van der Waals surface area (Å²) in [5.41, 5.74) is 4.28. The normalized spacial score (nSPS) is 10.8. The third kappa shape index (κ3) is 4.21. The Morgan fingerprint density at radius 2 is 1.13 bits per heavy atom. The predicted octanol–water partition coefficient (Wildman–Crippen LogP) is 7.87. The summed E-state index contributed by atoms with van der Waals surface area (Å²) in [5.74, 6) is -0.237. The summed E-state index contributed by atoms with van der Waals surface area (Å²) in [4.78, 5) is 21.6. The van der Waals surface area contributed by atoms with E-state index in [-0.39, 0.29) is 5.78 Å². The lowest BCUT2D eigenvalue weighted by Gasteiger charge is -2.10. The van der Waals surface area contributed by atoms with Gasteiger partial charge < -0.3 is 0 Å². The fraction of sp³-hybridized carbons (Fsp3) is 0. The van der Waals surface area contributed by atoms with Crippen LogP contribution < -0.4 is 0 Å². The molecule has 4 rings (SSSR count). The molecule has 30 heavy (non-hydrogen) atoms. The summed E-state index contributed by atoms with van der Waals surface area (Å²) in [6.07, 6.45) is 3.39. The summed E-state index contributed by atoms with van der Waals surface area (Å²) >= 11 is 19.8. The Morgan fingerprint density at radius 3 is 1.50 bits per heavy atom. The summed E-state index contributed by atoms with van der Waals surface area (Å²) in [6, 6.07) is 18.2. The molecule has 148 valence electrons. The van der Waals surface area contributed by atoms with Gasteiger partial charge in [0.25, 0.3) is 0 Å². The van der Waals surface area contributed by atoms with E-state index in [0.717, 1.165) is 22.3 Å². The van der Waals surface area contributed by atoms with Gasteiger partial charge in [0.2, 0.25) is 0 Å². The van der Waals surface area contributed by atoms with Crippen molar-refractivity contribution in [2.24, 2.45) is 0 Å². The molecule has 0 atom stereocenters. The van der Waals surface area contributed by atoms with Crippen LogP contribution in [-0.4, -0.2) is 15.8 Å². The molecule has 0 aliphatic heterocycles. The molecule has 0 bridgehead atoms. The fourth-order valence-electron chi connectivity index (χ4n) is 3.08. The average Bonchev–Trinajstić information content (AvgIpc) is 2.74. The molecule has 0 saturated carbocycles. The van der Waals surface area contributed by atoms with E-state index >= 15 is 0 Å². The molecule has 0 saturated heterocycles. The molecular weight excluding hydrogens is 551 g/mol. The van der Waals surface area contributed by atoms with Gasteiger partial charge in [0.1, 0.15) is 9.21 Å². The van der Waals surface area contributed by atoms with Crippen molar-refractivity contribution in [3.05, 3.63) is 103 Å². The first-order valence-electron chi connectivity index (χ1n) is 8.81. The van der Waals surface area contributed by atoms with Crippen LogP contribution >= 0.6 is 55.1 Å². The Kier molecular flexibility index (Phi) is 6.34. The van der Waals surface area contributed by atoms with E-state index < -0.39 is 0 Å². The zero-order valence-electron chi connectivity index (χ0n) is 15.2. The van der Waals surface area contributed by atoms with Crippen molar-refractivity contribution in [2.45, 2.75) is 0 Å². The number of ketones is 1. The first kappa shape index (κ1) is 21.2. The van der Waals surface area contributed by atoms with Crippen LogP contribution in [0.25, 0.3) is 22.3 Å². The molecule has 0 aliphatic rings. The molecule has 0 radical (unpaired) electrons. The number of hydrogen-bond acceptors (Lipinski definition) is 3. The molecule has 2 aromatic carbocycles. The topological polar surface area (TPSA) is 42.9 Å². The van der Waals surface area contributed by atoms with Crippen molar-refractivity contribution in [2.75, 3.05) is 0 Å². The highest BCUT2D eigenvalue weighted by Gasteiger charge is 2.18. The van der Waals surface area contributed by atoms with E-state index in [4.69, 9.17) is 23.2 Å². The number of aromatic nitrogens is 2. The van der Waals surface area contributed by atoms with Crippen LogP contribution in [0.3, 0.4) is 0 Å². The number of rotatable bonds is 4. The Balaban J connectivity index is 1.68. The van der Waals surface area contributed by atoms with Crippen molar-refractivity contribution in [1.82, 2.24) is 9.97 Å². The second-order valence-electron chi connectivity index (χ2n) is 6.40. The van der Waals surface area contributed by atoms with E-state index in [1.54, 1.807) is 36.7 Å². The van der Waals surface area contributed by atoms with Crippen LogP contribution in [0.15, 0.2) is 82.3 Å². The molecule has 0 N–H and O–H groups in total. The molecule has 3 nitrogen and oxygen atoms in total. The van der Waals surface area contributed by atoms with Gasteiger partial charge in [-0.15, -0.1) is 0 Å². The minimum absolute atomic E-state index is 0.237. The van der Waals surface area contributed by atoms with Crippen LogP contribution in [0.1, 0.15) is 15.9 Å². The maximum absolute atomic E-state index is 13.1.